The Kier molecular flexibility index (Phi) is 7.64. The van der Waals surface area contributed by atoms with Gasteiger partial charge in [-0.05, 0) is 46.0 Å². The van der Waals surface area contributed by atoms with Crippen LogP contribution >= 0.6 is 11.3 Å². The van der Waals surface area contributed by atoms with E-state index in [1.807, 2.05) is 47.7 Å². The lowest BCUT2D eigenvalue weighted by molar-refractivity contribution is 0.670. The lowest BCUT2D eigenvalue weighted by Crippen LogP contribution is -2.00. The molecule has 4 nitrogen and oxygen atoms in total. The molecule has 0 aliphatic heterocycles. The minimum Gasteiger partial charge on any atom is -0.455 e. The van der Waals surface area contributed by atoms with Crippen molar-refractivity contribution in [2.45, 2.75) is 0 Å². The van der Waals surface area contributed by atoms with E-state index >= 15 is 0 Å². The smallest absolute Gasteiger partial charge is 0.164 e. The lowest BCUT2D eigenvalue weighted by atomic mass is 9.97. The molecule has 0 aliphatic rings. The number of nitrogens with zero attached hydrogens (tertiary/aromatic N) is 3. The average Bonchev–Trinajstić information content (AvgIpc) is 3.86. The minimum absolute atomic E-state index is 0.597. The van der Waals surface area contributed by atoms with Crippen LogP contribution in [0.4, 0.5) is 0 Å². The Bertz CT molecular complexity index is 3240. The molecule has 3 heterocycles. The van der Waals surface area contributed by atoms with Gasteiger partial charge in [0.1, 0.15) is 11.2 Å². The predicted octanol–water partition coefficient (Wildman–Crippen LogP) is 14.1. The lowest BCUT2D eigenvalue weighted by Gasteiger charge is -2.10. The Balaban J connectivity index is 1.12. The number of hydrogen-bond acceptors (Lipinski definition) is 5. The van der Waals surface area contributed by atoms with Crippen LogP contribution in [0.2, 0.25) is 0 Å². The molecule has 0 unspecified atom stereocenters. The molecule has 11 aromatic rings. The SMILES string of the molecule is c1ccc(-c2cccc(-c3cccc4c3oc3cccc(-c5nc(-c6ccccc6)nc(-c6cccc7sc8c(-c9ccccc9)cccc8c67)n5)c34)c2)cc1. The summed E-state index contributed by atoms with van der Waals surface area (Å²) in [5.41, 5.74) is 11.3. The van der Waals surface area contributed by atoms with Crippen molar-refractivity contribution in [2.24, 2.45) is 0 Å². The first-order valence-corrected chi connectivity index (χ1v) is 19.5. The van der Waals surface area contributed by atoms with E-state index in [9.17, 15) is 0 Å². The highest BCUT2D eigenvalue weighted by molar-refractivity contribution is 7.26. The molecule has 5 heteroatoms. The van der Waals surface area contributed by atoms with Crippen LogP contribution in [0.15, 0.2) is 192 Å². The number of benzene rings is 8. The van der Waals surface area contributed by atoms with Gasteiger partial charge >= 0.3 is 0 Å². The highest BCUT2D eigenvalue weighted by Gasteiger charge is 2.21. The van der Waals surface area contributed by atoms with Crippen LogP contribution in [0.5, 0.6) is 0 Å². The number of aromatic nitrogens is 3. The number of hydrogen-bond donors (Lipinski definition) is 0. The van der Waals surface area contributed by atoms with E-state index in [-0.39, 0.29) is 0 Å². The maximum absolute atomic E-state index is 6.75. The summed E-state index contributed by atoms with van der Waals surface area (Å²) in [7, 11) is 0. The van der Waals surface area contributed by atoms with Gasteiger partial charge in [-0.3, -0.25) is 0 Å². The number of para-hydroxylation sites is 1. The van der Waals surface area contributed by atoms with Crippen LogP contribution in [0, 0.1) is 0 Å². The average molecular weight is 734 g/mol. The van der Waals surface area contributed by atoms with Crippen LogP contribution in [0.1, 0.15) is 0 Å². The Hall–Kier alpha value is -7.21. The molecule has 0 saturated heterocycles. The summed E-state index contributed by atoms with van der Waals surface area (Å²) in [6.07, 6.45) is 0. The van der Waals surface area contributed by atoms with Gasteiger partial charge in [-0.15, -0.1) is 11.3 Å². The number of thiophene rings is 1. The highest BCUT2D eigenvalue weighted by atomic mass is 32.1. The first kappa shape index (κ1) is 32.2. The zero-order chi connectivity index (χ0) is 37.0. The molecule has 0 N–H and O–H groups in total. The van der Waals surface area contributed by atoms with Crippen LogP contribution in [0.25, 0.3) is 110 Å². The number of fused-ring (bicyclic) bond motifs is 6. The molecule has 0 saturated carbocycles. The fourth-order valence-corrected chi connectivity index (χ4v) is 9.24. The fourth-order valence-electron chi connectivity index (χ4n) is 7.97. The molecule has 0 aliphatic carbocycles. The molecule has 262 valence electrons. The van der Waals surface area contributed by atoms with E-state index in [1.54, 1.807) is 0 Å². The van der Waals surface area contributed by atoms with Crippen molar-refractivity contribution in [3.05, 3.63) is 188 Å². The maximum atomic E-state index is 6.75. The second-order valence-electron chi connectivity index (χ2n) is 13.9. The first-order valence-electron chi connectivity index (χ1n) is 18.7. The third kappa shape index (κ3) is 5.40. The van der Waals surface area contributed by atoms with Crippen LogP contribution in [0.3, 0.4) is 0 Å². The van der Waals surface area contributed by atoms with E-state index in [2.05, 4.69) is 152 Å². The molecule has 3 aromatic heterocycles. The molecule has 56 heavy (non-hydrogen) atoms. The van der Waals surface area contributed by atoms with Crippen LogP contribution in [-0.4, -0.2) is 15.0 Å². The van der Waals surface area contributed by atoms with E-state index < -0.39 is 0 Å². The summed E-state index contributed by atoms with van der Waals surface area (Å²) in [5, 5.41) is 4.33. The Morgan fingerprint density at radius 3 is 1.64 bits per heavy atom. The van der Waals surface area contributed by atoms with Gasteiger partial charge in [-0.1, -0.05) is 170 Å². The molecule has 11 rings (SSSR count). The van der Waals surface area contributed by atoms with E-state index in [4.69, 9.17) is 19.4 Å². The van der Waals surface area contributed by atoms with Crippen molar-refractivity contribution in [2.75, 3.05) is 0 Å². The minimum atomic E-state index is 0.597. The van der Waals surface area contributed by atoms with Gasteiger partial charge in [0.15, 0.2) is 17.5 Å². The summed E-state index contributed by atoms with van der Waals surface area (Å²) < 4.78 is 9.19. The molecule has 0 bridgehead atoms. The molecule has 8 aromatic carbocycles. The largest absolute Gasteiger partial charge is 0.455 e. The molecular weight excluding hydrogens is 703 g/mol. The van der Waals surface area contributed by atoms with Gasteiger partial charge in [0.05, 0.1) is 0 Å². The monoisotopic (exact) mass is 733 g/mol. The van der Waals surface area contributed by atoms with Crippen molar-refractivity contribution < 1.29 is 4.42 Å². The zero-order valence-electron chi connectivity index (χ0n) is 30.1. The highest BCUT2D eigenvalue weighted by Crippen LogP contribution is 2.45. The predicted molar refractivity (Wildman–Crippen MR) is 233 cm³/mol. The Morgan fingerprint density at radius 2 is 0.893 bits per heavy atom. The molecule has 0 radical (unpaired) electrons. The maximum Gasteiger partial charge on any atom is 0.164 e. The van der Waals surface area contributed by atoms with Crippen molar-refractivity contribution in [1.82, 2.24) is 15.0 Å². The van der Waals surface area contributed by atoms with Gasteiger partial charge in [-0.25, -0.2) is 15.0 Å². The fraction of sp³-hybridized carbons (Fsp3) is 0. The molecule has 0 amide bonds. The Labute approximate surface area is 327 Å². The summed E-state index contributed by atoms with van der Waals surface area (Å²) in [4.78, 5) is 15.7. The third-order valence-electron chi connectivity index (χ3n) is 10.6. The van der Waals surface area contributed by atoms with Gasteiger partial charge in [0.25, 0.3) is 0 Å². The van der Waals surface area contributed by atoms with Crippen molar-refractivity contribution in [3.63, 3.8) is 0 Å². The van der Waals surface area contributed by atoms with Crippen LogP contribution in [-0.2, 0) is 0 Å². The first-order chi connectivity index (χ1) is 27.8. The number of furan rings is 1. The third-order valence-corrected chi connectivity index (χ3v) is 11.8. The Morgan fingerprint density at radius 1 is 0.357 bits per heavy atom. The van der Waals surface area contributed by atoms with E-state index in [0.717, 1.165) is 60.7 Å². The standard InChI is InChI=1S/C51H31N3OS/c1-4-15-32(16-5-1)35-21-10-22-36(31-35)37-23-11-25-39-45-41(27-13-29-43(45)55-47(37)39)50-52-49(34-19-8-3-9-20-34)53-51(54-50)42-28-14-30-44-46(42)40-26-12-24-38(48(40)56-44)33-17-6-2-7-18-33/h1-31H. The van der Waals surface area contributed by atoms with Gasteiger partial charge < -0.3 is 4.42 Å². The molecular formula is C51H31N3OS. The van der Waals surface area contributed by atoms with E-state index in [0.29, 0.717) is 17.5 Å². The molecule has 0 spiro atoms. The van der Waals surface area contributed by atoms with Gasteiger partial charge in [0.2, 0.25) is 0 Å². The quantitative estimate of drug-likeness (QED) is 0.171. The van der Waals surface area contributed by atoms with Gasteiger partial charge in [-0.2, -0.15) is 0 Å². The number of rotatable bonds is 6. The molecule has 0 fully saturated rings. The van der Waals surface area contributed by atoms with E-state index in [1.165, 1.54) is 31.5 Å². The zero-order valence-corrected chi connectivity index (χ0v) is 30.9. The summed E-state index contributed by atoms with van der Waals surface area (Å²) in [6.45, 7) is 0. The van der Waals surface area contributed by atoms with Gasteiger partial charge in [0, 0.05) is 53.2 Å². The van der Waals surface area contributed by atoms with Crippen molar-refractivity contribution in [1.29, 1.82) is 0 Å². The second kappa shape index (κ2) is 13.3. The van der Waals surface area contributed by atoms with Crippen molar-refractivity contribution in [3.8, 4) is 67.5 Å². The summed E-state index contributed by atoms with van der Waals surface area (Å²) >= 11 is 1.81. The molecule has 0 atom stereocenters. The summed E-state index contributed by atoms with van der Waals surface area (Å²) in [5.74, 6) is 1.85. The van der Waals surface area contributed by atoms with Crippen LogP contribution < -0.4 is 0 Å². The second-order valence-corrected chi connectivity index (χ2v) is 15.0. The topological polar surface area (TPSA) is 51.8 Å². The normalized spacial score (nSPS) is 11.6. The van der Waals surface area contributed by atoms with Crippen molar-refractivity contribution >= 4 is 53.4 Å². The summed E-state index contributed by atoms with van der Waals surface area (Å²) in [6, 6.07) is 65.5.